The second kappa shape index (κ2) is 7.42. The molecule has 0 bridgehead atoms. The Labute approximate surface area is 161 Å². The molecule has 0 radical (unpaired) electrons. The van der Waals surface area contributed by atoms with Crippen molar-refractivity contribution >= 4 is 0 Å². The fourth-order valence-corrected chi connectivity index (χ4v) is 3.93. The van der Waals surface area contributed by atoms with E-state index in [0.29, 0.717) is 0 Å². The lowest BCUT2D eigenvalue weighted by Crippen LogP contribution is -2.06. The highest BCUT2D eigenvalue weighted by molar-refractivity contribution is 5.78. The molecule has 0 N–H and O–H groups in total. The maximum atomic E-state index is 14.8. The van der Waals surface area contributed by atoms with Gasteiger partial charge in [0.25, 0.3) is 0 Å². The SMILES string of the molecule is CCCCc1ccc2c(c1)CCc1cc(-c3cc(F)c(F)c(F)c3)c(F)cc1-2. The van der Waals surface area contributed by atoms with Crippen LogP contribution in [-0.4, -0.2) is 0 Å². The average molecular weight is 384 g/mol. The molecule has 0 aromatic heterocycles. The van der Waals surface area contributed by atoms with Gasteiger partial charge >= 0.3 is 0 Å². The van der Waals surface area contributed by atoms with Gasteiger partial charge in [-0.3, -0.25) is 0 Å². The first-order valence-corrected chi connectivity index (χ1v) is 9.57. The minimum Gasteiger partial charge on any atom is -0.206 e. The lowest BCUT2D eigenvalue weighted by atomic mass is 9.83. The van der Waals surface area contributed by atoms with Gasteiger partial charge in [-0.2, -0.15) is 0 Å². The largest absolute Gasteiger partial charge is 0.206 e. The molecular formula is C24H20F4. The van der Waals surface area contributed by atoms with Crippen molar-refractivity contribution in [2.45, 2.75) is 39.0 Å². The van der Waals surface area contributed by atoms with Crippen LogP contribution in [0.5, 0.6) is 0 Å². The van der Waals surface area contributed by atoms with Gasteiger partial charge in [-0.1, -0.05) is 31.5 Å². The maximum Gasteiger partial charge on any atom is 0.194 e. The average Bonchev–Trinajstić information content (AvgIpc) is 2.69. The molecule has 0 unspecified atom stereocenters. The molecule has 144 valence electrons. The first kappa shape index (κ1) is 18.7. The van der Waals surface area contributed by atoms with Crippen molar-refractivity contribution in [1.29, 1.82) is 0 Å². The summed E-state index contributed by atoms with van der Waals surface area (Å²) in [6.07, 6.45) is 4.86. The fourth-order valence-electron chi connectivity index (χ4n) is 3.93. The van der Waals surface area contributed by atoms with Crippen LogP contribution >= 0.6 is 0 Å². The number of fused-ring (bicyclic) bond motifs is 3. The van der Waals surface area contributed by atoms with Gasteiger partial charge in [-0.05, 0) is 83.3 Å². The van der Waals surface area contributed by atoms with E-state index in [1.165, 1.54) is 17.2 Å². The number of halogens is 4. The van der Waals surface area contributed by atoms with Gasteiger partial charge in [0.1, 0.15) is 5.82 Å². The molecule has 0 amide bonds. The highest BCUT2D eigenvalue weighted by Gasteiger charge is 2.21. The van der Waals surface area contributed by atoms with Gasteiger partial charge in [0.15, 0.2) is 17.5 Å². The molecule has 1 aliphatic rings. The number of aryl methyl sites for hydroxylation is 3. The van der Waals surface area contributed by atoms with Crippen LogP contribution in [0.25, 0.3) is 22.3 Å². The summed E-state index contributed by atoms with van der Waals surface area (Å²) in [4.78, 5) is 0. The number of hydrogen-bond donors (Lipinski definition) is 0. The van der Waals surface area contributed by atoms with Gasteiger partial charge in [0, 0.05) is 5.56 Å². The van der Waals surface area contributed by atoms with Crippen molar-refractivity contribution in [3.63, 3.8) is 0 Å². The van der Waals surface area contributed by atoms with E-state index in [4.69, 9.17) is 0 Å². The van der Waals surface area contributed by atoms with Crippen LogP contribution < -0.4 is 0 Å². The fraction of sp³-hybridized carbons (Fsp3) is 0.250. The number of benzene rings is 3. The molecule has 0 spiro atoms. The van der Waals surface area contributed by atoms with Gasteiger partial charge in [0.05, 0.1) is 0 Å². The van der Waals surface area contributed by atoms with E-state index in [0.717, 1.165) is 60.9 Å². The van der Waals surface area contributed by atoms with Crippen molar-refractivity contribution in [2.24, 2.45) is 0 Å². The van der Waals surface area contributed by atoms with Crippen molar-refractivity contribution in [3.05, 3.63) is 82.4 Å². The summed E-state index contributed by atoms with van der Waals surface area (Å²) in [6, 6.07) is 11.0. The van der Waals surface area contributed by atoms with E-state index >= 15 is 0 Å². The third kappa shape index (κ3) is 3.32. The second-order valence-corrected chi connectivity index (χ2v) is 7.34. The van der Waals surface area contributed by atoms with Crippen LogP contribution in [0.1, 0.15) is 36.5 Å². The molecular weight excluding hydrogens is 364 g/mol. The molecule has 0 saturated heterocycles. The summed E-state index contributed by atoms with van der Waals surface area (Å²) >= 11 is 0. The lowest BCUT2D eigenvalue weighted by Gasteiger charge is -2.22. The van der Waals surface area contributed by atoms with Gasteiger partial charge in [-0.15, -0.1) is 0 Å². The summed E-state index contributed by atoms with van der Waals surface area (Å²) in [7, 11) is 0. The van der Waals surface area contributed by atoms with E-state index in [1.807, 2.05) is 6.07 Å². The van der Waals surface area contributed by atoms with Crippen LogP contribution in [0.4, 0.5) is 17.6 Å². The molecule has 0 nitrogen and oxygen atoms in total. The normalized spacial score (nSPS) is 12.6. The molecule has 0 heterocycles. The van der Waals surface area contributed by atoms with E-state index < -0.39 is 23.3 Å². The van der Waals surface area contributed by atoms with Crippen LogP contribution in [0.2, 0.25) is 0 Å². The molecule has 0 saturated carbocycles. The van der Waals surface area contributed by atoms with E-state index in [1.54, 1.807) is 6.07 Å². The third-order valence-corrected chi connectivity index (χ3v) is 5.43. The monoisotopic (exact) mass is 384 g/mol. The zero-order chi connectivity index (χ0) is 19.8. The summed E-state index contributed by atoms with van der Waals surface area (Å²) in [5, 5.41) is 0. The quantitative estimate of drug-likeness (QED) is 0.335. The number of unbranched alkanes of at least 4 members (excludes halogenated alkanes) is 1. The van der Waals surface area contributed by atoms with Crippen molar-refractivity contribution < 1.29 is 17.6 Å². The molecule has 4 heteroatoms. The van der Waals surface area contributed by atoms with E-state index in [2.05, 4.69) is 19.1 Å². The summed E-state index contributed by atoms with van der Waals surface area (Å²) in [6.45, 7) is 2.16. The van der Waals surface area contributed by atoms with Crippen LogP contribution in [0, 0.1) is 23.3 Å². The van der Waals surface area contributed by atoms with Crippen molar-refractivity contribution in [1.82, 2.24) is 0 Å². The van der Waals surface area contributed by atoms with Crippen LogP contribution in [-0.2, 0) is 19.3 Å². The third-order valence-electron chi connectivity index (χ3n) is 5.43. The number of hydrogen-bond acceptors (Lipinski definition) is 0. The minimum atomic E-state index is -1.55. The first-order chi connectivity index (χ1) is 13.5. The van der Waals surface area contributed by atoms with Gasteiger partial charge < -0.3 is 0 Å². The predicted octanol–water partition coefficient (Wildman–Crippen LogP) is 7.02. The zero-order valence-electron chi connectivity index (χ0n) is 15.6. The Hall–Kier alpha value is -2.62. The summed E-state index contributed by atoms with van der Waals surface area (Å²) < 4.78 is 55.2. The Balaban J connectivity index is 1.76. The minimum absolute atomic E-state index is 0.00240. The summed E-state index contributed by atoms with van der Waals surface area (Å²) in [5.41, 5.74) is 5.31. The maximum absolute atomic E-state index is 14.8. The van der Waals surface area contributed by atoms with E-state index in [9.17, 15) is 17.6 Å². The second-order valence-electron chi connectivity index (χ2n) is 7.34. The van der Waals surface area contributed by atoms with Crippen molar-refractivity contribution in [3.8, 4) is 22.3 Å². The lowest BCUT2D eigenvalue weighted by molar-refractivity contribution is 0.447. The molecule has 3 aromatic carbocycles. The topological polar surface area (TPSA) is 0 Å². The highest BCUT2D eigenvalue weighted by Crippen LogP contribution is 2.38. The molecule has 1 aliphatic carbocycles. The van der Waals surface area contributed by atoms with Crippen molar-refractivity contribution in [2.75, 3.05) is 0 Å². The number of rotatable bonds is 4. The van der Waals surface area contributed by atoms with Gasteiger partial charge in [-0.25, -0.2) is 17.6 Å². The molecule has 0 fully saturated rings. The predicted molar refractivity (Wildman–Crippen MR) is 103 cm³/mol. The first-order valence-electron chi connectivity index (χ1n) is 9.57. The molecule has 0 atom stereocenters. The van der Waals surface area contributed by atoms with E-state index in [-0.39, 0.29) is 11.1 Å². The molecule has 3 aromatic rings. The highest BCUT2D eigenvalue weighted by atomic mass is 19.2. The Morgan fingerprint density at radius 2 is 1.39 bits per heavy atom. The molecule has 0 aliphatic heterocycles. The van der Waals surface area contributed by atoms with Gasteiger partial charge in [0.2, 0.25) is 0 Å². The standard InChI is InChI=1S/C24H20F4/c1-2-3-4-14-5-8-18-15(9-14)6-7-16-10-20(21(25)13-19(16)18)17-11-22(26)24(28)23(27)12-17/h5,8-13H,2-4,6-7H2,1H3. The smallest absolute Gasteiger partial charge is 0.194 e. The zero-order valence-corrected chi connectivity index (χ0v) is 15.6. The van der Waals surface area contributed by atoms with Crippen LogP contribution in [0.15, 0.2) is 42.5 Å². The van der Waals surface area contributed by atoms with Crippen LogP contribution in [0.3, 0.4) is 0 Å². The Kier molecular flexibility index (Phi) is 4.96. The Morgan fingerprint density at radius 1 is 0.714 bits per heavy atom. The summed E-state index contributed by atoms with van der Waals surface area (Å²) in [5.74, 6) is -4.77. The molecule has 28 heavy (non-hydrogen) atoms. The Bertz CT molecular complexity index is 1030. The molecule has 4 rings (SSSR count). The Morgan fingerprint density at radius 3 is 2.07 bits per heavy atom.